The van der Waals surface area contributed by atoms with Crippen LogP contribution in [0, 0.1) is 0 Å². The van der Waals surface area contributed by atoms with Crippen molar-refractivity contribution in [1.82, 2.24) is 20.1 Å². The number of rotatable bonds is 4. The molecule has 0 saturated heterocycles. The van der Waals surface area contributed by atoms with Gasteiger partial charge in [-0.25, -0.2) is 0 Å². The van der Waals surface area contributed by atoms with Crippen molar-refractivity contribution in [3.63, 3.8) is 0 Å². The molecule has 0 saturated carbocycles. The Labute approximate surface area is 128 Å². The van der Waals surface area contributed by atoms with Crippen molar-refractivity contribution in [2.75, 3.05) is 7.05 Å². The fourth-order valence-corrected chi connectivity index (χ4v) is 2.23. The van der Waals surface area contributed by atoms with Crippen LogP contribution in [0.15, 0.2) is 60.9 Å². The first-order valence-electron chi connectivity index (χ1n) is 6.99. The summed E-state index contributed by atoms with van der Waals surface area (Å²) in [7, 11) is 1.78. The standard InChI is InChI=1S/C17H16N4O/c1-21(12-13-6-3-2-4-7-13)17(22)16-10-15(19-20-16)14-8-5-9-18-11-14/h2-11H,12H2,1H3,(H,19,20). The Balaban J connectivity index is 1.74. The Morgan fingerprint density at radius 3 is 2.73 bits per heavy atom. The summed E-state index contributed by atoms with van der Waals surface area (Å²) in [6.45, 7) is 0.556. The van der Waals surface area contributed by atoms with E-state index in [1.54, 1.807) is 30.4 Å². The average Bonchev–Trinajstić information content (AvgIpc) is 3.06. The van der Waals surface area contributed by atoms with E-state index in [0.29, 0.717) is 17.9 Å². The number of aromatic nitrogens is 3. The van der Waals surface area contributed by atoms with Gasteiger partial charge in [-0.2, -0.15) is 5.10 Å². The summed E-state index contributed by atoms with van der Waals surface area (Å²) >= 11 is 0. The highest BCUT2D eigenvalue weighted by Gasteiger charge is 2.15. The van der Waals surface area contributed by atoms with E-state index in [4.69, 9.17) is 0 Å². The number of benzene rings is 1. The highest BCUT2D eigenvalue weighted by atomic mass is 16.2. The number of carbonyl (C=O) groups excluding carboxylic acids is 1. The van der Waals surface area contributed by atoms with Gasteiger partial charge in [0.25, 0.3) is 5.91 Å². The van der Waals surface area contributed by atoms with E-state index < -0.39 is 0 Å². The van der Waals surface area contributed by atoms with E-state index in [0.717, 1.165) is 11.1 Å². The van der Waals surface area contributed by atoms with Gasteiger partial charge in [-0.3, -0.25) is 14.9 Å². The third-order valence-electron chi connectivity index (χ3n) is 3.37. The van der Waals surface area contributed by atoms with Crippen molar-refractivity contribution in [2.45, 2.75) is 6.54 Å². The molecular formula is C17H16N4O. The van der Waals surface area contributed by atoms with E-state index in [2.05, 4.69) is 15.2 Å². The lowest BCUT2D eigenvalue weighted by Crippen LogP contribution is -2.26. The molecule has 3 rings (SSSR count). The number of hydrogen-bond acceptors (Lipinski definition) is 3. The van der Waals surface area contributed by atoms with Gasteiger partial charge in [0.2, 0.25) is 0 Å². The fourth-order valence-electron chi connectivity index (χ4n) is 2.23. The summed E-state index contributed by atoms with van der Waals surface area (Å²) in [5.41, 5.74) is 3.15. The molecule has 0 atom stereocenters. The van der Waals surface area contributed by atoms with Gasteiger partial charge in [-0.15, -0.1) is 0 Å². The van der Waals surface area contributed by atoms with Gasteiger partial charge in [0, 0.05) is 31.5 Å². The largest absolute Gasteiger partial charge is 0.336 e. The first kappa shape index (κ1) is 14.0. The van der Waals surface area contributed by atoms with Crippen LogP contribution in [0.1, 0.15) is 16.1 Å². The zero-order valence-electron chi connectivity index (χ0n) is 12.2. The van der Waals surface area contributed by atoms with E-state index in [-0.39, 0.29) is 5.91 Å². The lowest BCUT2D eigenvalue weighted by Gasteiger charge is -2.16. The quantitative estimate of drug-likeness (QED) is 0.804. The van der Waals surface area contributed by atoms with Crippen LogP contribution in [0.4, 0.5) is 0 Å². The minimum absolute atomic E-state index is 0.0912. The van der Waals surface area contributed by atoms with Gasteiger partial charge in [-0.1, -0.05) is 30.3 Å². The van der Waals surface area contributed by atoms with Crippen molar-refractivity contribution in [1.29, 1.82) is 0 Å². The van der Waals surface area contributed by atoms with E-state index in [9.17, 15) is 4.79 Å². The van der Waals surface area contributed by atoms with Crippen LogP contribution in [0.2, 0.25) is 0 Å². The molecule has 0 aliphatic carbocycles. The monoisotopic (exact) mass is 292 g/mol. The molecule has 5 heteroatoms. The maximum Gasteiger partial charge on any atom is 0.271 e. The number of carbonyl (C=O) groups is 1. The normalized spacial score (nSPS) is 10.4. The minimum Gasteiger partial charge on any atom is -0.336 e. The van der Waals surface area contributed by atoms with Crippen molar-refractivity contribution in [2.24, 2.45) is 0 Å². The topological polar surface area (TPSA) is 61.9 Å². The van der Waals surface area contributed by atoms with Gasteiger partial charge < -0.3 is 4.90 Å². The highest BCUT2D eigenvalue weighted by Crippen LogP contribution is 2.17. The van der Waals surface area contributed by atoms with Gasteiger partial charge >= 0.3 is 0 Å². The average molecular weight is 292 g/mol. The maximum atomic E-state index is 12.4. The summed E-state index contributed by atoms with van der Waals surface area (Å²) in [5, 5.41) is 6.99. The van der Waals surface area contributed by atoms with Crippen LogP contribution in [-0.2, 0) is 6.54 Å². The van der Waals surface area contributed by atoms with E-state index in [1.165, 1.54) is 0 Å². The zero-order valence-corrected chi connectivity index (χ0v) is 12.2. The minimum atomic E-state index is -0.0912. The van der Waals surface area contributed by atoms with Gasteiger partial charge in [0.05, 0.1) is 5.69 Å². The Hall–Kier alpha value is -2.95. The predicted molar refractivity (Wildman–Crippen MR) is 84.1 cm³/mol. The molecule has 0 spiro atoms. The molecule has 0 aliphatic heterocycles. The first-order valence-corrected chi connectivity index (χ1v) is 6.99. The summed E-state index contributed by atoms with van der Waals surface area (Å²) in [6.07, 6.45) is 3.42. The van der Waals surface area contributed by atoms with Crippen molar-refractivity contribution in [3.05, 3.63) is 72.2 Å². The molecule has 5 nitrogen and oxygen atoms in total. The second kappa shape index (κ2) is 6.22. The molecule has 1 amide bonds. The fraction of sp³-hybridized carbons (Fsp3) is 0.118. The molecular weight excluding hydrogens is 276 g/mol. The van der Waals surface area contributed by atoms with Crippen LogP contribution in [-0.4, -0.2) is 33.0 Å². The van der Waals surface area contributed by atoms with Gasteiger partial charge in [-0.05, 0) is 23.8 Å². The smallest absolute Gasteiger partial charge is 0.271 e. The van der Waals surface area contributed by atoms with E-state index in [1.807, 2.05) is 42.5 Å². The molecule has 0 fully saturated rings. The molecule has 22 heavy (non-hydrogen) atoms. The van der Waals surface area contributed by atoms with E-state index >= 15 is 0 Å². The Kier molecular flexibility index (Phi) is 3.96. The van der Waals surface area contributed by atoms with Gasteiger partial charge in [0.15, 0.2) is 0 Å². The number of hydrogen-bond donors (Lipinski definition) is 1. The lowest BCUT2D eigenvalue weighted by molar-refractivity contribution is 0.0779. The molecule has 0 bridgehead atoms. The third-order valence-corrected chi connectivity index (χ3v) is 3.37. The number of pyridine rings is 1. The highest BCUT2D eigenvalue weighted by molar-refractivity contribution is 5.93. The summed E-state index contributed by atoms with van der Waals surface area (Å²) < 4.78 is 0. The number of H-pyrrole nitrogens is 1. The van der Waals surface area contributed by atoms with Crippen molar-refractivity contribution in [3.8, 4) is 11.3 Å². The van der Waals surface area contributed by atoms with Gasteiger partial charge in [0.1, 0.15) is 5.69 Å². The summed E-state index contributed by atoms with van der Waals surface area (Å²) in [5.74, 6) is -0.0912. The molecule has 2 heterocycles. The Morgan fingerprint density at radius 2 is 2.00 bits per heavy atom. The number of nitrogens with zero attached hydrogens (tertiary/aromatic N) is 3. The van der Waals surface area contributed by atoms with Crippen LogP contribution < -0.4 is 0 Å². The Bertz CT molecular complexity index is 753. The molecule has 3 aromatic rings. The zero-order chi connectivity index (χ0) is 15.4. The number of amides is 1. The summed E-state index contributed by atoms with van der Waals surface area (Å²) in [6, 6.07) is 15.4. The second-order valence-electron chi connectivity index (χ2n) is 5.06. The number of aromatic amines is 1. The Morgan fingerprint density at radius 1 is 1.18 bits per heavy atom. The van der Waals surface area contributed by atoms with Crippen molar-refractivity contribution < 1.29 is 4.79 Å². The van der Waals surface area contributed by atoms with Crippen molar-refractivity contribution >= 4 is 5.91 Å². The van der Waals surface area contributed by atoms with Crippen LogP contribution in [0.5, 0.6) is 0 Å². The molecule has 1 N–H and O–H groups in total. The molecule has 0 radical (unpaired) electrons. The SMILES string of the molecule is CN(Cc1ccccc1)C(=O)c1cc(-c2cccnc2)n[nH]1. The molecule has 2 aromatic heterocycles. The lowest BCUT2D eigenvalue weighted by atomic mass is 10.2. The first-order chi connectivity index (χ1) is 10.7. The van der Waals surface area contributed by atoms with Crippen LogP contribution >= 0.6 is 0 Å². The predicted octanol–water partition coefficient (Wildman–Crippen LogP) is 2.74. The van der Waals surface area contributed by atoms with Crippen LogP contribution in [0.25, 0.3) is 11.3 Å². The molecule has 0 aliphatic rings. The van der Waals surface area contributed by atoms with Crippen LogP contribution in [0.3, 0.4) is 0 Å². The number of nitrogens with one attached hydrogen (secondary N) is 1. The second-order valence-corrected chi connectivity index (χ2v) is 5.06. The molecule has 1 aromatic carbocycles. The maximum absolute atomic E-state index is 12.4. The third kappa shape index (κ3) is 3.03. The summed E-state index contributed by atoms with van der Waals surface area (Å²) in [4.78, 5) is 18.2. The molecule has 110 valence electrons. The molecule has 0 unspecified atom stereocenters.